The Morgan fingerprint density at radius 3 is 2.96 bits per heavy atom. The summed E-state index contributed by atoms with van der Waals surface area (Å²) in [5, 5.41) is 0. The molecule has 1 fully saturated rings. The van der Waals surface area contributed by atoms with E-state index in [2.05, 4.69) is 9.97 Å². The van der Waals surface area contributed by atoms with E-state index >= 15 is 0 Å². The van der Waals surface area contributed by atoms with Gasteiger partial charge < -0.3 is 14.4 Å². The van der Waals surface area contributed by atoms with Gasteiger partial charge in [0.05, 0.1) is 18.7 Å². The summed E-state index contributed by atoms with van der Waals surface area (Å²) in [6, 6.07) is 9.13. The van der Waals surface area contributed by atoms with E-state index in [1.54, 1.807) is 12.3 Å². The van der Waals surface area contributed by atoms with Crippen LogP contribution in [-0.2, 0) is 0 Å². The molecule has 25 heavy (non-hydrogen) atoms. The molecule has 1 aromatic carbocycles. The lowest BCUT2D eigenvalue weighted by Gasteiger charge is -2.33. The first-order valence-electron chi connectivity index (χ1n) is 8.64. The second-order valence-corrected chi connectivity index (χ2v) is 6.00. The highest BCUT2D eigenvalue weighted by Gasteiger charge is 2.27. The Morgan fingerprint density at radius 2 is 2.16 bits per heavy atom. The number of amides is 1. The number of hydrogen-bond acceptors (Lipinski definition) is 5. The molecule has 2 aromatic rings. The molecule has 6 nitrogen and oxygen atoms in total. The van der Waals surface area contributed by atoms with E-state index in [1.807, 2.05) is 43.0 Å². The molecule has 0 spiro atoms. The van der Waals surface area contributed by atoms with Crippen molar-refractivity contribution in [3.63, 3.8) is 0 Å². The molecular formula is C19H23N3O3. The fraction of sp³-hybridized carbons (Fsp3) is 0.421. The van der Waals surface area contributed by atoms with E-state index in [1.165, 1.54) is 0 Å². The number of hydrogen-bond donors (Lipinski definition) is 0. The molecule has 1 saturated heterocycles. The summed E-state index contributed by atoms with van der Waals surface area (Å²) in [5.41, 5.74) is 0.600. The molecule has 2 heterocycles. The zero-order valence-corrected chi connectivity index (χ0v) is 14.6. The summed E-state index contributed by atoms with van der Waals surface area (Å²) in [4.78, 5) is 23.1. The quantitative estimate of drug-likeness (QED) is 0.837. The number of piperidine rings is 1. The van der Waals surface area contributed by atoms with Crippen LogP contribution in [-0.4, -0.2) is 46.6 Å². The monoisotopic (exact) mass is 341 g/mol. The SMILES string of the molecule is CCOc1ccccc1C(=O)N1CCC[C@H](Oc2ccnc(C)n2)C1. The van der Waals surface area contributed by atoms with Crippen molar-refractivity contribution < 1.29 is 14.3 Å². The van der Waals surface area contributed by atoms with Gasteiger partial charge in [-0.3, -0.25) is 4.79 Å². The zero-order valence-electron chi connectivity index (χ0n) is 14.6. The Bertz CT molecular complexity index is 735. The maximum absolute atomic E-state index is 12.9. The van der Waals surface area contributed by atoms with Crippen LogP contribution in [0.1, 0.15) is 35.9 Å². The third kappa shape index (κ3) is 4.26. The number of aromatic nitrogens is 2. The minimum atomic E-state index is -0.0637. The van der Waals surface area contributed by atoms with Gasteiger partial charge in [0.25, 0.3) is 5.91 Å². The van der Waals surface area contributed by atoms with Crippen molar-refractivity contribution in [2.45, 2.75) is 32.8 Å². The van der Waals surface area contributed by atoms with Gasteiger partial charge in [0.15, 0.2) is 0 Å². The van der Waals surface area contributed by atoms with Crippen LogP contribution < -0.4 is 9.47 Å². The van der Waals surface area contributed by atoms with Gasteiger partial charge in [-0.05, 0) is 38.8 Å². The van der Waals surface area contributed by atoms with E-state index < -0.39 is 0 Å². The molecule has 6 heteroatoms. The minimum absolute atomic E-state index is 0.0174. The minimum Gasteiger partial charge on any atom is -0.493 e. The molecule has 1 atom stereocenters. The van der Waals surface area contributed by atoms with Gasteiger partial charge in [-0.1, -0.05) is 12.1 Å². The van der Waals surface area contributed by atoms with Crippen LogP contribution in [0.2, 0.25) is 0 Å². The van der Waals surface area contributed by atoms with Crippen LogP contribution in [0, 0.1) is 6.92 Å². The first-order chi connectivity index (χ1) is 12.2. The van der Waals surface area contributed by atoms with Crippen LogP contribution in [0.4, 0.5) is 0 Å². The van der Waals surface area contributed by atoms with Crippen LogP contribution in [0.25, 0.3) is 0 Å². The first-order valence-corrected chi connectivity index (χ1v) is 8.64. The average Bonchev–Trinajstić information content (AvgIpc) is 2.62. The van der Waals surface area contributed by atoms with Crippen molar-refractivity contribution in [1.82, 2.24) is 14.9 Å². The van der Waals surface area contributed by atoms with Crippen molar-refractivity contribution in [3.8, 4) is 11.6 Å². The fourth-order valence-corrected chi connectivity index (χ4v) is 2.98. The standard InChI is InChI=1S/C19H23N3O3/c1-3-24-17-9-5-4-8-16(17)19(23)22-12-6-7-15(13-22)25-18-10-11-20-14(2)21-18/h4-5,8-11,15H,3,6-7,12-13H2,1-2H3/t15-/m0/s1. The molecule has 1 aliphatic heterocycles. The molecule has 132 valence electrons. The summed E-state index contributed by atoms with van der Waals surface area (Å²) < 4.78 is 11.5. The summed E-state index contributed by atoms with van der Waals surface area (Å²) in [5.74, 6) is 1.84. The molecule has 0 saturated carbocycles. The van der Waals surface area contributed by atoms with Crippen molar-refractivity contribution >= 4 is 5.91 Å². The summed E-state index contributed by atoms with van der Waals surface area (Å²) in [7, 11) is 0. The van der Waals surface area contributed by atoms with E-state index in [4.69, 9.17) is 9.47 Å². The highest BCUT2D eigenvalue weighted by molar-refractivity contribution is 5.97. The van der Waals surface area contributed by atoms with E-state index in [0.29, 0.717) is 36.2 Å². The van der Waals surface area contributed by atoms with Gasteiger partial charge in [-0.15, -0.1) is 0 Å². The molecule has 0 unspecified atom stereocenters. The maximum atomic E-state index is 12.9. The van der Waals surface area contributed by atoms with Gasteiger partial charge in [0.2, 0.25) is 5.88 Å². The predicted octanol–water partition coefficient (Wildman–Crippen LogP) is 2.87. The Morgan fingerprint density at radius 1 is 1.32 bits per heavy atom. The number of carbonyl (C=O) groups excluding carboxylic acids is 1. The van der Waals surface area contributed by atoms with E-state index in [-0.39, 0.29) is 12.0 Å². The number of para-hydroxylation sites is 1. The Labute approximate surface area is 147 Å². The fourth-order valence-electron chi connectivity index (χ4n) is 2.98. The summed E-state index contributed by atoms with van der Waals surface area (Å²) >= 11 is 0. The van der Waals surface area contributed by atoms with Crippen LogP contribution in [0.5, 0.6) is 11.6 Å². The number of aryl methyl sites for hydroxylation is 1. The molecule has 0 aliphatic carbocycles. The molecule has 0 radical (unpaired) electrons. The van der Waals surface area contributed by atoms with Gasteiger partial charge in [0.1, 0.15) is 17.7 Å². The second kappa shape index (κ2) is 7.96. The molecule has 0 bridgehead atoms. The van der Waals surface area contributed by atoms with Gasteiger partial charge in [0, 0.05) is 18.8 Å². The number of likely N-dealkylation sites (tertiary alicyclic amines) is 1. The Balaban J connectivity index is 1.69. The molecule has 3 rings (SSSR count). The van der Waals surface area contributed by atoms with Crippen molar-refractivity contribution in [1.29, 1.82) is 0 Å². The topological polar surface area (TPSA) is 64.5 Å². The van der Waals surface area contributed by atoms with E-state index in [9.17, 15) is 4.79 Å². The van der Waals surface area contributed by atoms with Gasteiger partial charge in [-0.2, -0.15) is 4.98 Å². The van der Waals surface area contributed by atoms with Crippen LogP contribution >= 0.6 is 0 Å². The second-order valence-electron chi connectivity index (χ2n) is 6.00. The summed E-state index contributed by atoms with van der Waals surface area (Å²) in [6.45, 7) is 5.54. The predicted molar refractivity (Wildman–Crippen MR) is 93.9 cm³/mol. The normalized spacial score (nSPS) is 17.2. The molecular weight excluding hydrogens is 318 g/mol. The third-order valence-electron chi connectivity index (χ3n) is 4.12. The van der Waals surface area contributed by atoms with Crippen LogP contribution in [0.15, 0.2) is 36.5 Å². The molecule has 1 amide bonds. The van der Waals surface area contributed by atoms with Crippen molar-refractivity contribution in [3.05, 3.63) is 47.9 Å². The van der Waals surface area contributed by atoms with Crippen molar-refractivity contribution in [2.75, 3.05) is 19.7 Å². The maximum Gasteiger partial charge on any atom is 0.257 e. The lowest BCUT2D eigenvalue weighted by Crippen LogP contribution is -2.44. The Kier molecular flexibility index (Phi) is 5.48. The smallest absolute Gasteiger partial charge is 0.257 e. The van der Waals surface area contributed by atoms with Crippen LogP contribution in [0.3, 0.4) is 0 Å². The highest BCUT2D eigenvalue weighted by atomic mass is 16.5. The molecule has 1 aliphatic rings. The van der Waals surface area contributed by atoms with Gasteiger partial charge >= 0.3 is 0 Å². The Hall–Kier alpha value is -2.63. The number of carbonyl (C=O) groups is 1. The number of rotatable bonds is 5. The third-order valence-corrected chi connectivity index (χ3v) is 4.12. The zero-order chi connectivity index (χ0) is 17.6. The number of benzene rings is 1. The van der Waals surface area contributed by atoms with Crippen molar-refractivity contribution in [2.24, 2.45) is 0 Å². The van der Waals surface area contributed by atoms with Gasteiger partial charge in [-0.25, -0.2) is 4.98 Å². The first kappa shape index (κ1) is 17.2. The van der Waals surface area contributed by atoms with E-state index in [0.717, 1.165) is 19.4 Å². The largest absolute Gasteiger partial charge is 0.493 e. The average molecular weight is 341 g/mol. The lowest BCUT2D eigenvalue weighted by molar-refractivity contribution is 0.0523. The number of nitrogens with zero attached hydrogens (tertiary/aromatic N) is 3. The number of ether oxygens (including phenoxy) is 2. The lowest BCUT2D eigenvalue weighted by atomic mass is 10.1. The summed E-state index contributed by atoms with van der Waals surface area (Å²) in [6.07, 6.45) is 3.42. The molecule has 0 N–H and O–H groups in total. The highest BCUT2D eigenvalue weighted by Crippen LogP contribution is 2.23. The molecule has 1 aromatic heterocycles.